The average molecular weight is 356 g/mol. The molecule has 1 aromatic heterocycles. The molecule has 0 aliphatic carbocycles. The molecule has 0 aliphatic heterocycles. The molecule has 3 rings (SSSR count). The lowest BCUT2D eigenvalue weighted by Crippen LogP contribution is -2.23. The number of aromatic nitrogens is 1. The van der Waals surface area contributed by atoms with Crippen LogP contribution >= 0.6 is 0 Å². The molecule has 0 bridgehead atoms. The number of benzene rings is 2. The molecule has 0 fully saturated rings. The molecule has 0 aliphatic rings. The Morgan fingerprint density at radius 3 is 2.73 bits per heavy atom. The van der Waals surface area contributed by atoms with Crippen LogP contribution in [0.15, 0.2) is 47.6 Å². The van der Waals surface area contributed by atoms with Crippen molar-refractivity contribution in [3.63, 3.8) is 0 Å². The minimum atomic E-state index is -0.253. The molecular formula is C19H21FN4O2. The number of aliphatic imine (C=N–C) groups is 1. The van der Waals surface area contributed by atoms with E-state index in [1.165, 1.54) is 12.1 Å². The topological polar surface area (TPSA) is 84.7 Å². The zero-order valence-corrected chi connectivity index (χ0v) is 14.7. The number of anilines is 1. The average Bonchev–Trinajstić information content (AvgIpc) is 3.03. The maximum atomic E-state index is 13.4. The van der Waals surface area contributed by atoms with E-state index < -0.39 is 0 Å². The predicted octanol–water partition coefficient (Wildman–Crippen LogP) is 3.29. The Balaban J connectivity index is 1.64. The van der Waals surface area contributed by atoms with Gasteiger partial charge in [-0.15, -0.1) is 0 Å². The van der Waals surface area contributed by atoms with Crippen LogP contribution in [0.2, 0.25) is 0 Å². The number of halogens is 1. The van der Waals surface area contributed by atoms with Gasteiger partial charge in [0.2, 0.25) is 0 Å². The molecule has 0 amide bonds. The molecule has 1 heterocycles. The monoisotopic (exact) mass is 356 g/mol. The molecule has 4 N–H and O–H groups in total. The first-order valence-corrected chi connectivity index (χ1v) is 8.15. The Hall–Kier alpha value is -3.22. The number of nitrogens with two attached hydrogens (primary N) is 1. The smallest absolute Gasteiger partial charge is 0.193 e. The van der Waals surface area contributed by atoms with Gasteiger partial charge in [-0.3, -0.25) is 4.99 Å². The molecule has 0 spiro atoms. The number of aromatic amines is 1. The van der Waals surface area contributed by atoms with Gasteiger partial charge in [-0.1, -0.05) is 0 Å². The van der Waals surface area contributed by atoms with Gasteiger partial charge >= 0.3 is 0 Å². The zero-order valence-electron chi connectivity index (χ0n) is 14.7. The SMILES string of the molecule is COc1ccc(NC(N)=NCCc2c[nH]c3ccc(F)cc23)cc1OC. The summed E-state index contributed by atoms with van der Waals surface area (Å²) in [6, 6.07) is 10.1. The number of nitrogens with one attached hydrogen (secondary N) is 2. The van der Waals surface area contributed by atoms with E-state index in [-0.39, 0.29) is 5.82 Å². The number of fused-ring (bicyclic) bond motifs is 1. The zero-order chi connectivity index (χ0) is 18.5. The maximum Gasteiger partial charge on any atom is 0.193 e. The number of ether oxygens (including phenoxy) is 2. The van der Waals surface area contributed by atoms with Crippen LogP contribution in [0, 0.1) is 5.82 Å². The third-order valence-corrected chi connectivity index (χ3v) is 4.05. The summed E-state index contributed by atoms with van der Waals surface area (Å²) in [7, 11) is 3.15. The fourth-order valence-corrected chi connectivity index (χ4v) is 2.76. The Morgan fingerprint density at radius 1 is 1.15 bits per heavy atom. The second-order valence-electron chi connectivity index (χ2n) is 5.72. The van der Waals surface area contributed by atoms with E-state index in [9.17, 15) is 4.39 Å². The minimum Gasteiger partial charge on any atom is -0.493 e. The Labute approximate surface area is 150 Å². The number of rotatable bonds is 6. The van der Waals surface area contributed by atoms with Gasteiger partial charge in [-0.05, 0) is 42.3 Å². The fourth-order valence-electron chi connectivity index (χ4n) is 2.76. The lowest BCUT2D eigenvalue weighted by Gasteiger charge is -2.10. The van der Waals surface area contributed by atoms with Gasteiger partial charge in [-0.25, -0.2) is 4.39 Å². The molecule has 0 atom stereocenters. The van der Waals surface area contributed by atoms with Crippen LogP contribution < -0.4 is 20.5 Å². The van der Waals surface area contributed by atoms with E-state index in [4.69, 9.17) is 15.2 Å². The van der Waals surface area contributed by atoms with Crippen molar-refractivity contribution in [2.75, 3.05) is 26.1 Å². The fraction of sp³-hybridized carbons (Fsp3) is 0.211. The van der Waals surface area contributed by atoms with E-state index in [0.29, 0.717) is 30.4 Å². The summed E-state index contributed by atoms with van der Waals surface area (Å²) in [6.07, 6.45) is 2.52. The van der Waals surface area contributed by atoms with Crippen molar-refractivity contribution in [2.45, 2.75) is 6.42 Å². The third kappa shape index (κ3) is 3.88. The summed E-state index contributed by atoms with van der Waals surface area (Å²) < 4.78 is 23.9. The first kappa shape index (κ1) is 17.6. The Morgan fingerprint density at radius 2 is 1.96 bits per heavy atom. The van der Waals surface area contributed by atoms with Crippen LogP contribution in [0.25, 0.3) is 10.9 Å². The van der Waals surface area contributed by atoms with Gasteiger partial charge in [0.25, 0.3) is 0 Å². The van der Waals surface area contributed by atoms with E-state index in [2.05, 4.69) is 15.3 Å². The molecule has 26 heavy (non-hydrogen) atoms. The molecule has 0 unspecified atom stereocenters. The van der Waals surface area contributed by atoms with Crippen molar-refractivity contribution in [2.24, 2.45) is 10.7 Å². The molecule has 3 aromatic rings. The highest BCUT2D eigenvalue weighted by atomic mass is 19.1. The molecule has 6 nitrogen and oxygen atoms in total. The van der Waals surface area contributed by atoms with Gasteiger partial charge < -0.3 is 25.5 Å². The second-order valence-corrected chi connectivity index (χ2v) is 5.72. The normalized spacial score (nSPS) is 11.6. The summed E-state index contributed by atoms with van der Waals surface area (Å²) in [6.45, 7) is 0.482. The van der Waals surface area contributed by atoms with E-state index in [1.807, 2.05) is 12.3 Å². The number of nitrogens with zero attached hydrogens (tertiary/aromatic N) is 1. The van der Waals surface area contributed by atoms with Gasteiger partial charge in [0, 0.05) is 35.4 Å². The minimum absolute atomic E-state index is 0.253. The highest BCUT2D eigenvalue weighted by Gasteiger charge is 2.06. The van der Waals surface area contributed by atoms with Crippen LogP contribution in [-0.2, 0) is 6.42 Å². The van der Waals surface area contributed by atoms with Gasteiger partial charge in [0.1, 0.15) is 5.82 Å². The predicted molar refractivity (Wildman–Crippen MR) is 102 cm³/mol. The third-order valence-electron chi connectivity index (χ3n) is 4.05. The number of hydrogen-bond donors (Lipinski definition) is 3. The first-order valence-electron chi connectivity index (χ1n) is 8.15. The van der Waals surface area contributed by atoms with E-state index >= 15 is 0 Å². The van der Waals surface area contributed by atoms with E-state index in [0.717, 1.165) is 22.2 Å². The van der Waals surface area contributed by atoms with Crippen LogP contribution in [0.5, 0.6) is 11.5 Å². The van der Waals surface area contributed by atoms with Crippen molar-refractivity contribution in [1.82, 2.24) is 4.98 Å². The quantitative estimate of drug-likeness (QED) is 0.467. The molecular weight excluding hydrogens is 335 g/mol. The van der Waals surface area contributed by atoms with Crippen molar-refractivity contribution >= 4 is 22.5 Å². The molecule has 7 heteroatoms. The number of H-pyrrole nitrogens is 1. The Bertz CT molecular complexity index is 936. The molecule has 136 valence electrons. The van der Waals surface area contributed by atoms with Crippen LogP contribution in [0.4, 0.5) is 10.1 Å². The number of guanidine groups is 1. The highest BCUT2D eigenvalue weighted by molar-refractivity contribution is 5.92. The van der Waals surface area contributed by atoms with Gasteiger partial charge in [0.05, 0.1) is 14.2 Å². The van der Waals surface area contributed by atoms with E-state index in [1.54, 1.807) is 32.4 Å². The summed E-state index contributed by atoms with van der Waals surface area (Å²) >= 11 is 0. The largest absolute Gasteiger partial charge is 0.493 e. The number of methoxy groups -OCH3 is 2. The maximum absolute atomic E-state index is 13.4. The lowest BCUT2D eigenvalue weighted by atomic mass is 10.1. The van der Waals surface area contributed by atoms with Crippen LogP contribution in [0.1, 0.15) is 5.56 Å². The summed E-state index contributed by atoms with van der Waals surface area (Å²) in [5.74, 6) is 1.28. The Kier molecular flexibility index (Phi) is 5.26. The van der Waals surface area contributed by atoms with Crippen molar-refractivity contribution in [1.29, 1.82) is 0 Å². The number of hydrogen-bond acceptors (Lipinski definition) is 3. The summed E-state index contributed by atoms with van der Waals surface area (Å²) in [4.78, 5) is 7.45. The van der Waals surface area contributed by atoms with Crippen LogP contribution in [0.3, 0.4) is 0 Å². The highest BCUT2D eigenvalue weighted by Crippen LogP contribution is 2.29. The molecule has 0 saturated carbocycles. The van der Waals surface area contributed by atoms with Crippen molar-refractivity contribution in [3.05, 3.63) is 54.0 Å². The first-order chi connectivity index (χ1) is 12.6. The standard InChI is InChI=1S/C19H21FN4O2/c1-25-17-6-4-14(10-18(17)26-2)24-19(21)22-8-7-12-11-23-16-5-3-13(20)9-15(12)16/h3-6,9-11,23H,7-8H2,1-2H3,(H3,21,22,24). The lowest BCUT2D eigenvalue weighted by molar-refractivity contribution is 0.355. The second kappa shape index (κ2) is 7.77. The molecule has 0 radical (unpaired) electrons. The van der Waals surface area contributed by atoms with Gasteiger partial charge in [0.15, 0.2) is 17.5 Å². The summed E-state index contributed by atoms with van der Waals surface area (Å²) in [5, 5.41) is 3.89. The molecule has 2 aromatic carbocycles. The van der Waals surface area contributed by atoms with Crippen molar-refractivity contribution < 1.29 is 13.9 Å². The van der Waals surface area contributed by atoms with Crippen LogP contribution in [-0.4, -0.2) is 31.7 Å². The molecule has 0 saturated heterocycles. The van der Waals surface area contributed by atoms with Gasteiger partial charge in [-0.2, -0.15) is 0 Å². The summed E-state index contributed by atoms with van der Waals surface area (Å²) in [5.41, 5.74) is 8.60. The van der Waals surface area contributed by atoms with Crippen molar-refractivity contribution in [3.8, 4) is 11.5 Å².